The summed E-state index contributed by atoms with van der Waals surface area (Å²) in [5, 5.41) is 11.8. The molecule has 2 aromatic heterocycles. The molecule has 0 saturated carbocycles. The van der Waals surface area contributed by atoms with Crippen molar-refractivity contribution in [3.8, 4) is 10.8 Å². The summed E-state index contributed by atoms with van der Waals surface area (Å²) in [6, 6.07) is 0. The van der Waals surface area contributed by atoms with Gasteiger partial charge in [0.1, 0.15) is 5.03 Å². The second-order valence-electron chi connectivity index (χ2n) is 3.01. The van der Waals surface area contributed by atoms with Crippen LogP contribution in [0.2, 0.25) is 0 Å². The van der Waals surface area contributed by atoms with Crippen LogP contribution in [0.25, 0.3) is 10.8 Å². The summed E-state index contributed by atoms with van der Waals surface area (Å²) in [6.07, 6.45) is 1.29. The number of rotatable bonds is 2. The van der Waals surface area contributed by atoms with Gasteiger partial charge in [0.25, 0.3) is 0 Å². The third kappa shape index (κ3) is 2.05. The van der Waals surface area contributed by atoms with Crippen molar-refractivity contribution in [1.29, 1.82) is 0 Å². The normalized spacial score (nSPS) is 10.4. The number of carboxylic acids is 1. The summed E-state index contributed by atoms with van der Waals surface area (Å²) in [7, 11) is 0. The van der Waals surface area contributed by atoms with Crippen LogP contribution < -0.4 is 0 Å². The lowest BCUT2D eigenvalue weighted by atomic mass is 10.2. The highest BCUT2D eigenvalue weighted by Crippen LogP contribution is 2.22. The molecule has 5 nitrogen and oxygen atoms in total. The number of carbonyl (C=O) groups is 1. The molecule has 0 radical (unpaired) electrons. The lowest BCUT2D eigenvalue weighted by molar-refractivity contribution is 0.0695. The van der Waals surface area contributed by atoms with Gasteiger partial charge in [-0.15, -0.1) is 24.0 Å². The number of thiazole rings is 1. The van der Waals surface area contributed by atoms with Crippen LogP contribution in [-0.4, -0.2) is 26.0 Å². The summed E-state index contributed by atoms with van der Waals surface area (Å²) in [5.41, 5.74) is 0.528. The lowest BCUT2D eigenvalue weighted by Crippen LogP contribution is -2.04. The summed E-state index contributed by atoms with van der Waals surface area (Å²) in [6.45, 7) is 1.63. The van der Waals surface area contributed by atoms with Crippen molar-refractivity contribution < 1.29 is 9.90 Å². The van der Waals surface area contributed by atoms with E-state index >= 15 is 0 Å². The van der Waals surface area contributed by atoms with Crippen molar-refractivity contribution in [3.63, 3.8) is 0 Å². The van der Waals surface area contributed by atoms with E-state index in [9.17, 15) is 4.79 Å². The molecule has 0 atom stereocenters. The predicted molar refractivity (Wildman–Crippen MR) is 62.1 cm³/mol. The van der Waals surface area contributed by atoms with Crippen LogP contribution in [0.4, 0.5) is 0 Å². The van der Waals surface area contributed by atoms with Crippen molar-refractivity contribution >= 4 is 29.9 Å². The van der Waals surface area contributed by atoms with Gasteiger partial charge >= 0.3 is 5.97 Å². The van der Waals surface area contributed by atoms with Gasteiger partial charge in [-0.1, -0.05) is 0 Å². The van der Waals surface area contributed by atoms with Gasteiger partial charge in [-0.05, 0) is 6.92 Å². The van der Waals surface area contributed by atoms with Crippen molar-refractivity contribution in [2.45, 2.75) is 11.9 Å². The molecule has 82 valence electrons. The van der Waals surface area contributed by atoms with Gasteiger partial charge in [-0.2, -0.15) is 0 Å². The minimum atomic E-state index is -1.03. The Hall–Kier alpha value is -1.47. The topological polar surface area (TPSA) is 76.0 Å². The first-order chi connectivity index (χ1) is 7.58. The molecule has 2 heterocycles. The molecule has 0 aliphatic rings. The van der Waals surface area contributed by atoms with E-state index in [1.54, 1.807) is 12.3 Å². The molecule has 0 aliphatic carbocycles. The van der Waals surface area contributed by atoms with Crippen molar-refractivity contribution in [3.05, 3.63) is 22.8 Å². The van der Waals surface area contributed by atoms with E-state index in [0.29, 0.717) is 21.6 Å². The van der Waals surface area contributed by atoms with Gasteiger partial charge in [-0.3, -0.25) is 0 Å². The first-order valence-corrected chi connectivity index (χ1v) is 5.62. The van der Waals surface area contributed by atoms with Crippen LogP contribution in [0, 0.1) is 6.92 Å². The van der Waals surface area contributed by atoms with Gasteiger partial charge in [0.05, 0.1) is 11.3 Å². The lowest BCUT2D eigenvalue weighted by Gasteiger charge is -2.00. The Balaban J connectivity index is 2.45. The van der Waals surface area contributed by atoms with Crippen LogP contribution >= 0.6 is 24.0 Å². The van der Waals surface area contributed by atoms with E-state index in [2.05, 4.69) is 27.6 Å². The Morgan fingerprint density at radius 3 is 2.75 bits per heavy atom. The Bertz CT molecular complexity index is 553. The Kier molecular flexibility index (Phi) is 2.88. The van der Waals surface area contributed by atoms with Crippen molar-refractivity contribution in [2.24, 2.45) is 0 Å². The maximum Gasteiger partial charge on any atom is 0.339 e. The summed E-state index contributed by atoms with van der Waals surface area (Å²) in [4.78, 5) is 22.9. The number of hydrogen-bond donors (Lipinski definition) is 2. The second-order valence-corrected chi connectivity index (χ2v) is 4.33. The van der Waals surface area contributed by atoms with E-state index in [1.165, 1.54) is 17.5 Å². The number of thiol groups is 1. The molecular formula is C9H7N3O2S2. The monoisotopic (exact) mass is 253 g/mol. The quantitative estimate of drug-likeness (QED) is 0.799. The molecule has 7 heteroatoms. The minimum Gasteiger partial charge on any atom is -0.478 e. The van der Waals surface area contributed by atoms with Crippen molar-refractivity contribution in [1.82, 2.24) is 15.0 Å². The van der Waals surface area contributed by atoms with Crippen LogP contribution in [0.15, 0.2) is 16.6 Å². The molecule has 0 aromatic carbocycles. The fourth-order valence-corrected chi connectivity index (χ4v) is 2.10. The number of aryl methyl sites for hydroxylation is 1. The standard InChI is InChI=1S/C9H7N3O2S2/c1-4-5(9(13)14)2-10-7(11-4)8-12-6(15)3-16-8/h2-3,15H,1H3,(H,13,14). The van der Waals surface area contributed by atoms with Gasteiger partial charge < -0.3 is 5.11 Å². The summed E-state index contributed by atoms with van der Waals surface area (Å²) in [5.74, 6) is -0.606. The third-order valence-electron chi connectivity index (χ3n) is 1.89. The van der Waals surface area contributed by atoms with E-state index in [4.69, 9.17) is 5.11 Å². The first-order valence-electron chi connectivity index (χ1n) is 4.29. The molecule has 2 aromatic rings. The predicted octanol–water partition coefficient (Wildman–Crippen LogP) is 1.90. The molecule has 1 N–H and O–H groups in total. The number of nitrogens with zero attached hydrogens (tertiary/aromatic N) is 3. The summed E-state index contributed by atoms with van der Waals surface area (Å²) < 4.78 is 0. The highest BCUT2D eigenvalue weighted by Gasteiger charge is 2.12. The van der Waals surface area contributed by atoms with Gasteiger partial charge in [0.15, 0.2) is 10.8 Å². The zero-order chi connectivity index (χ0) is 11.7. The van der Waals surface area contributed by atoms with Gasteiger partial charge in [0.2, 0.25) is 0 Å². The van der Waals surface area contributed by atoms with Gasteiger partial charge in [0, 0.05) is 11.6 Å². The van der Waals surface area contributed by atoms with Crippen LogP contribution in [0.5, 0.6) is 0 Å². The first kappa shape index (κ1) is 11.0. The molecule has 2 rings (SSSR count). The highest BCUT2D eigenvalue weighted by atomic mass is 32.1. The number of aromatic nitrogens is 3. The molecule has 16 heavy (non-hydrogen) atoms. The molecule has 0 amide bonds. The smallest absolute Gasteiger partial charge is 0.339 e. The SMILES string of the molecule is Cc1nc(-c2nc(S)cs2)ncc1C(=O)O. The molecule has 0 bridgehead atoms. The van der Waals surface area contributed by atoms with Gasteiger partial charge in [-0.25, -0.2) is 19.7 Å². The zero-order valence-electron chi connectivity index (χ0n) is 8.21. The molecular weight excluding hydrogens is 246 g/mol. The average molecular weight is 253 g/mol. The number of hydrogen-bond acceptors (Lipinski definition) is 6. The molecule has 0 unspecified atom stereocenters. The number of carboxylic acid groups (broad SMARTS) is 1. The summed E-state index contributed by atoms with van der Waals surface area (Å²) >= 11 is 5.45. The maximum absolute atomic E-state index is 10.8. The van der Waals surface area contributed by atoms with E-state index < -0.39 is 5.97 Å². The average Bonchev–Trinajstić information content (AvgIpc) is 2.64. The fraction of sp³-hybridized carbons (Fsp3) is 0.111. The molecule has 0 fully saturated rings. The Morgan fingerprint density at radius 1 is 1.50 bits per heavy atom. The van der Waals surface area contributed by atoms with Crippen molar-refractivity contribution in [2.75, 3.05) is 0 Å². The van der Waals surface area contributed by atoms with E-state index in [1.807, 2.05) is 0 Å². The highest BCUT2D eigenvalue weighted by molar-refractivity contribution is 7.80. The third-order valence-corrected chi connectivity index (χ3v) is 3.14. The van der Waals surface area contributed by atoms with Crippen LogP contribution in [-0.2, 0) is 0 Å². The largest absolute Gasteiger partial charge is 0.478 e. The maximum atomic E-state index is 10.8. The molecule has 0 saturated heterocycles. The van der Waals surface area contributed by atoms with Crippen LogP contribution in [0.3, 0.4) is 0 Å². The molecule has 0 aliphatic heterocycles. The fourth-order valence-electron chi connectivity index (χ4n) is 1.15. The second kappa shape index (κ2) is 4.18. The Labute approximate surface area is 101 Å². The molecule has 0 spiro atoms. The van der Waals surface area contributed by atoms with E-state index in [0.717, 1.165) is 0 Å². The van der Waals surface area contributed by atoms with E-state index in [-0.39, 0.29) is 5.56 Å². The number of aromatic carboxylic acids is 1. The minimum absolute atomic E-state index is 0.103. The van der Waals surface area contributed by atoms with Crippen LogP contribution in [0.1, 0.15) is 16.1 Å². The zero-order valence-corrected chi connectivity index (χ0v) is 9.92. The Morgan fingerprint density at radius 2 is 2.25 bits per heavy atom.